The topological polar surface area (TPSA) is 46.8 Å². The molecule has 2 aromatic carbocycles. The van der Waals surface area contributed by atoms with Crippen molar-refractivity contribution in [2.24, 2.45) is 5.92 Å². The maximum atomic E-state index is 4.46. The molecule has 0 unspecified atom stereocenters. The largest absolute Gasteiger partial charge is 0.290 e. The van der Waals surface area contributed by atoms with E-state index in [1.807, 2.05) is 4.68 Å². The number of aromatic nitrogens is 4. The summed E-state index contributed by atoms with van der Waals surface area (Å²) >= 11 is 0. The predicted molar refractivity (Wildman–Crippen MR) is 106 cm³/mol. The summed E-state index contributed by atoms with van der Waals surface area (Å²) < 4.78 is 1.99. The Kier molecular flexibility index (Phi) is 5.58. The van der Waals surface area contributed by atoms with Crippen LogP contribution in [0.5, 0.6) is 0 Å². The fraction of sp³-hybridized carbons (Fsp3) is 0.409. The van der Waals surface area contributed by atoms with E-state index in [0.717, 1.165) is 37.8 Å². The second kappa shape index (κ2) is 8.44. The summed E-state index contributed by atoms with van der Waals surface area (Å²) in [6, 6.07) is 21.3. The van der Waals surface area contributed by atoms with Crippen LogP contribution in [-0.2, 0) is 13.0 Å². The summed E-state index contributed by atoms with van der Waals surface area (Å²) in [5, 5.41) is 12.8. The Labute approximate surface area is 161 Å². The number of hydrogen-bond donors (Lipinski definition) is 0. The molecule has 3 aromatic rings. The summed E-state index contributed by atoms with van der Waals surface area (Å²) in [5.74, 6) is 1.75. The summed E-state index contributed by atoms with van der Waals surface area (Å²) in [4.78, 5) is 2.54. The van der Waals surface area contributed by atoms with Crippen LogP contribution < -0.4 is 0 Å². The quantitative estimate of drug-likeness (QED) is 0.671. The van der Waals surface area contributed by atoms with Gasteiger partial charge in [-0.15, -0.1) is 5.10 Å². The molecule has 1 fully saturated rings. The maximum absolute atomic E-state index is 4.46. The van der Waals surface area contributed by atoms with Gasteiger partial charge in [-0.2, -0.15) is 0 Å². The number of aryl methyl sites for hydroxylation is 2. The molecular weight excluding hydrogens is 334 g/mol. The average Bonchev–Trinajstić information content (AvgIpc) is 3.18. The summed E-state index contributed by atoms with van der Waals surface area (Å²) in [7, 11) is 0. The van der Waals surface area contributed by atoms with E-state index >= 15 is 0 Å². The van der Waals surface area contributed by atoms with Gasteiger partial charge in [-0.05, 0) is 59.8 Å². The Balaban J connectivity index is 1.60. The smallest absolute Gasteiger partial charge is 0.173 e. The lowest BCUT2D eigenvalue weighted by Crippen LogP contribution is -2.38. The molecule has 0 aliphatic carbocycles. The third kappa shape index (κ3) is 4.25. The zero-order chi connectivity index (χ0) is 18.5. The normalized spacial score (nSPS) is 17.1. The molecule has 1 atom stereocenters. The highest BCUT2D eigenvalue weighted by atomic mass is 15.5. The van der Waals surface area contributed by atoms with Crippen LogP contribution in [0, 0.1) is 5.92 Å². The Bertz CT molecular complexity index is 822. The third-order valence-corrected chi connectivity index (χ3v) is 5.56. The Hall–Kier alpha value is -2.53. The van der Waals surface area contributed by atoms with Gasteiger partial charge in [0, 0.05) is 6.54 Å². The van der Waals surface area contributed by atoms with Crippen LogP contribution in [0.25, 0.3) is 0 Å². The van der Waals surface area contributed by atoms with Gasteiger partial charge in [-0.3, -0.25) is 4.90 Å². The number of likely N-dealkylation sites (tertiary alicyclic amines) is 1. The van der Waals surface area contributed by atoms with E-state index in [2.05, 4.69) is 88.0 Å². The van der Waals surface area contributed by atoms with E-state index in [0.29, 0.717) is 0 Å². The monoisotopic (exact) mass is 361 g/mol. The van der Waals surface area contributed by atoms with Crippen molar-refractivity contribution in [3.05, 3.63) is 77.6 Å². The zero-order valence-electron chi connectivity index (χ0n) is 15.9. The van der Waals surface area contributed by atoms with E-state index in [-0.39, 0.29) is 6.04 Å². The van der Waals surface area contributed by atoms with Crippen molar-refractivity contribution in [3.63, 3.8) is 0 Å². The van der Waals surface area contributed by atoms with Gasteiger partial charge in [-0.1, -0.05) is 67.6 Å². The molecule has 0 N–H and O–H groups in total. The molecule has 0 radical (unpaired) electrons. The van der Waals surface area contributed by atoms with Gasteiger partial charge in [-0.25, -0.2) is 4.68 Å². The van der Waals surface area contributed by atoms with Gasteiger partial charge in [0.2, 0.25) is 0 Å². The molecule has 0 saturated carbocycles. The van der Waals surface area contributed by atoms with Crippen molar-refractivity contribution in [2.75, 3.05) is 13.1 Å². The van der Waals surface area contributed by atoms with Gasteiger partial charge >= 0.3 is 0 Å². The minimum atomic E-state index is 0.115. The van der Waals surface area contributed by atoms with Gasteiger partial charge in [0.1, 0.15) is 0 Å². The zero-order valence-corrected chi connectivity index (χ0v) is 15.9. The van der Waals surface area contributed by atoms with Crippen molar-refractivity contribution in [2.45, 2.75) is 38.8 Å². The van der Waals surface area contributed by atoms with Crippen molar-refractivity contribution in [1.29, 1.82) is 0 Å². The summed E-state index contributed by atoms with van der Waals surface area (Å²) in [6.45, 7) is 5.32. The lowest BCUT2D eigenvalue weighted by molar-refractivity contribution is 0.150. The third-order valence-electron chi connectivity index (χ3n) is 5.56. The Morgan fingerprint density at radius 1 is 0.963 bits per heavy atom. The fourth-order valence-corrected chi connectivity index (χ4v) is 3.89. The molecule has 0 bridgehead atoms. The Morgan fingerprint density at radius 2 is 1.63 bits per heavy atom. The van der Waals surface area contributed by atoms with Crippen LogP contribution in [0.15, 0.2) is 60.7 Å². The van der Waals surface area contributed by atoms with Crippen LogP contribution in [0.1, 0.15) is 42.8 Å². The molecule has 140 valence electrons. The molecule has 1 aromatic heterocycles. The number of benzene rings is 2. The van der Waals surface area contributed by atoms with E-state index in [4.69, 9.17) is 0 Å². The molecule has 0 spiro atoms. The van der Waals surface area contributed by atoms with Crippen LogP contribution in [0.2, 0.25) is 0 Å². The van der Waals surface area contributed by atoms with Crippen molar-refractivity contribution >= 4 is 0 Å². The van der Waals surface area contributed by atoms with Crippen molar-refractivity contribution in [1.82, 2.24) is 25.1 Å². The lowest BCUT2D eigenvalue weighted by Gasteiger charge is -2.36. The van der Waals surface area contributed by atoms with Gasteiger partial charge in [0.05, 0.1) is 6.04 Å². The van der Waals surface area contributed by atoms with Gasteiger partial charge in [0.15, 0.2) is 5.82 Å². The van der Waals surface area contributed by atoms with Gasteiger partial charge in [0.25, 0.3) is 0 Å². The highest BCUT2D eigenvalue weighted by Gasteiger charge is 2.30. The second-order valence-electron chi connectivity index (χ2n) is 7.53. The highest BCUT2D eigenvalue weighted by Crippen LogP contribution is 2.31. The first kappa shape index (κ1) is 17.9. The number of tetrazole rings is 1. The fourth-order valence-electron chi connectivity index (χ4n) is 3.89. The van der Waals surface area contributed by atoms with Crippen LogP contribution in [0.4, 0.5) is 0 Å². The van der Waals surface area contributed by atoms with E-state index in [9.17, 15) is 0 Å². The van der Waals surface area contributed by atoms with Crippen molar-refractivity contribution in [3.8, 4) is 0 Å². The first-order valence-corrected chi connectivity index (χ1v) is 9.90. The number of nitrogens with zero attached hydrogens (tertiary/aromatic N) is 5. The first-order valence-electron chi connectivity index (χ1n) is 9.90. The first-order chi connectivity index (χ1) is 13.3. The minimum absolute atomic E-state index is 0.115. The molecule has 27 heavy (non-hydrogen) atoms. The van der Waals surface area contributed by atoms with Crippen LogP contribution in [0.3, 0.4) is 0 Å². The summed E-state index contributed by atoms with van der Waals surface area (Å²) in [5.41, 5.74) is 2.57. The van der Waals surface area contributed by atoms with Crippen molar-refractivity contribution < 1.29 is 0 Å². The molecular formula is C22H27N5. The average molecular weight is 361 g/mol. The molecule has 0 amide bonds. The molecule has 1 aliphatic rings. The highest BCUT2D eigenvalue weighted by molar-refractivity contribution is 5.25. The van der Waals surface area contributed by atoms with E-state index in [1.54, 1.807) is 0 Å². The number of hydrogen-bond acceptors (Lipinski definition) is 4. The molecule has 5 nitrogen and oxygen atoms in total. The molecule has 5 heteroatoms. The summed E-state index contributed by atoms with van der Waals surface area (Å²) in [6.07, 6.45) is 3.39. The van der Waals surface area contributed by atoms with Gasteiger partial charge < -0.3 is 0 Å². The van der Waals surface area contributed by atoms with E-state index < -0.39 is 0 Å². The van der Waals surface area contributed by atoms with Crippen LogP contribution >= 0.6 is 0 Å². The molecule has 1 aliphatic heterocycles. The number of piperidine rings is 1. The Morgan fingerprint density at radius 3 is 2.33 bits per heavy atom. The molecule has 2 heterocycles. The second-order valence-corrected chi connectivity index (χ2v) is 7.53. The predicted octanol–water partition coefficient (Wildman–Crippen LogP) is 3.74. The maximum Gasteiger partial charge on any atom is 0.173 e. The van der Waals surface area contributed by atoms with E-state index in [1.165, 1.54) is 24.0 Å². The standard InChI is InChI=1S/C22H27N5/c1-18-12-15-26(16-13-18)21(20-10-6-3-7-11-20)22-23-24-25-27(22)17-14-19-8-4-2-5-9-19/h2-11,18,21H,12-17H2,1H3/t21-/m0/s1. The molecule has 4 rings (SSSR count). The lowest BCUT2D eigenvalue weighted by atomic mass is 9.95. The van der Waals surface area contributed by atoms with Crippen LogP contribution in [-0.4, -0.2) is 38.2 Å². The SMILES string of the molecule is CC1CCN([C@@H](c2ccccc2)c2nnnn2CCc2ccccc2)CC1. The number of rotatable bonds is 6. The minimum Gasteiger partial charge on any atom is -0.290 e. The molecule has 1 saturated heterocycles.